The number of benzene rings is 1. The molecular weight excluding hydrogens is 299 g/mol. The molecule has 0 amide bonds. The van der Waals surface area contributed by atoms with Gasteiger partial charge in [0.15, 0.2) is 0 Å². The van der Waals surface area contributed by atoms with E-state index in [0.717, 1.165) is 22.8 Å². The molecule has 0 saturated heterocycles. The van der Waals surface area contributed by atoms with E-state index < -0.39 is 11.7 Å². The van der Waals surface area contributed by atoms with Gasteiger partial charge in [0.1, 0.15) is 6.07 Å². The molecule has 0 N–H and O–H groups in total. The van der Waals surface area contributed by atoms with E-state index in [2.05, 4.69) is 4.98 Å². The van der Waals surface area contributed by atoms with Crippen molar-refractivity contribution in [2.75, 3.05) is 11.9 Å². The Kier molecular flexibility index (Phi) is 4.19. The van der Waals surface area contributed by atoms with Crippen molar-refractivity contribution in [1.82, 2.24) is 4.98 Å². The molecule has 0 bridgehead atoms. The fourth-order valence-electron chi connectivity index (χ4n) is 1.94. The molecule has 110 valence electrons. The summed E-state index contributed by atoms with van der Waals surface area (Å²) in [5, 5.41) is 11.9. The summed E-state index contributed by atoms with van der Waals surface area (Å²) in [5.74, 6) is 0. The number of halogens is 3. The Morgan fingerprint density at radius 1 is 1.38 bits per heavy atom. The van der Waals surface area contributed by atoms with Crippen molar-refractivity contribution in [1.29, 1.82) is 5.26 Å². The van der Waals surface area contributed by atoms with Gasteiger partial charge in [-0.3, -0.25) is 0 Å². The van der Waals surface area contributed by atoms with E-state index in [-0.39, 0.29) is 5.56 Å². The van der Waals surface area contributed by atoms with Crippen LogP contribution in [0.25, 0.3) is 0 Å². The van der Waals surface area contributed by atoms with Crippen molar-refractivity contribution in [3.63, 3.8) is 0 Å². The third-order valence-corrected chi connectivity index (χ3v) is 3.74. The highest BCUT2D eigenvalue weighted by molar-refractivity contribution is 7.09. The summed E-state index contributed by atoms with van der Waals surface area (Å²) in [5.41, 5.74) is 0.458. The van der Waals surface area contributed by atoms with Crippen LogP contribution in [-0.2, 0) is 12.7 Å². The molecule has 0 radical (unpaired) electrons. The lowest BCUT2D eigenvalue weighted by atomic mass is 10.1. The number of alkyl halides is 3. The molecule has 1 aromatic carbocycles. The number of hydrogen-bond acceptors (Lipinski definition) is 4. The maximum atomic E-state index is 12.7. The second-order valence-corrected chi connectivity index (χ2v) is 5.62. The predicted molar refractivity (Wildman–Crippen MR) is 75.1 cm³/mol. The SMILES string of the molecule is Cc1nc(CN(C)c2ccc(C(F)(F)F)cc2C#N)cs1. The molecule has 0 aliphatic heterocycles. The Bertz CT molecular complexity index is 686. The van der Waals surface area contributed by atoms with Gasteiger partial charge in [-0.15, -0.1) is 11.3 Å². The maximum absolute atomic E-state index is 12.7. The highest BCUT2D eigenvalue weighted by Crippen LogP contribution is 2.32. The summed E-state index contributed by atoms with van der Waals surface area (Å²) >= 11 is 1.51. The fraction of sp³-hybridized carbons (Fsp3) is 0.286. The molecule has 21 heavy (non-hydrogen) atoms. The summed E-state index contributed by atoms with van der Waals surface area (Å²) in [6.07, 6.45) is -4.45. The largest absolute Gasteiger partial charge is 0.416 e. The summed E-state index contributed by atoms with van der Waals surface area (Å²) in [6, 6.07) is 5.00. The van der Waals surface area contributed by atoms with Gasteiger partial charge >= 0.3 is 6.18 Å². The van der Waals surface area contributed by atoms with Crippen LogP contribution in [0, 0.1) is 18.3 Å². The molecule has 0 saturated carbocycles. The first-order valence-electron chi connectivity index (χ1n) is 6.04. The summed E-state index contributed by atoms with van der Waals surface area (Å²) in [4.78, 5) is 6.02. The minimum absolute atomic E-state index is 0.000670. The minimum atomic E-state index is -4.45. The van der Waals surface area contributed by atoms with Crippen LogP contribution < -0.4 is 4.90 Å². The van der Waals surface area contributed by atoms with Crippen LogP contribution in [0.1, 0.15) is 21.8 Å². The highest BCUT2D eigenvalue weighted by Gasteiger charge is 2.31. The Morgan fingerprint density at radius 3 is 2.62 bits per heavy atom. The van der Waals surface area contributed by atoms with E-state index in [4.69, 9.17) is 5.26 Å². The second kappa shape index (κ2) is 5.74. The second-order valence-electron chi connectivity index (χ2n) is 4.56. The van der Waals surface area contributed by atoms with E-state index in [1.54, 1.807) is 11.9 Å². The molecule has 2 aromatic rings. The van der Waals surface area contributed by atoms with Gasteiger partial charge in [-0.05, 0) is 25.1 Å². The Morgan fingerprint density at radius 2 is 2.10 bits per heavy atom. The maximum Gasteiger partial charge on any atom is 0.416 e. The quantitative estimate of drug-likeness (QED) is 0.861. The lowest BCUT2D eigenvalue weighted by molar-refractivity contribution is -0.137. The van der Waals surface area contributed by atoms with Crippen LogP contribution in [0.5, 0.6) is 0 Å². The first kappa shape index (κ1) is 15.3. The number of nitriles is 1. The average molecular weight is 311 g/mol. The van der Waals surface area contributed by atoms with Gasteiger partial charge in [-0.1, -0.05) is 0 Å². The zero-order chi connectivity index (χ0) is 15.6. The van der Waals surface area contributed by atoms with E-state index in [0.29, 0.717) is 12.2 Å². The first-order chi connectivity index (χ1) is 9.81. The number of aromatic nitrogens is 1. The molecule has 0 fully saturated rings. The third kappa shape index (κ3) is 3.52. The Labute approximate surface area is 124 Å². The van der Waals surface area contributed by atoms with Gasteiger partial charge in [-0.2, -0.15) is 18.4 Å². The van der Waals surface area contributed by atoms with Crippen molar-refractivity contribution in [2.24, 2.45) is 0 Å². The highest BCUT2D eigenvalue weighted by atomic mass is 32.1. The number of rotatable bonds is 3. The molecule has 2 rings (SSSR count). The van der Waals surface area contributed by atoms with Gasteiger partial charge in [0, 0.05) is 12.4 Å². The number of hydrogen-bond donors (Lipinski definition) is 0. The minimum Gasteiger partial charge on any atom is -0.368 e. The standard InChI is InChI=1S/C14H12F3N3S/c1-9-19-12(8-21-9)7-20(2)13-4-3-11(14(15,16)17)5-10(13)6-18/h3-5,8H,7H2,1-2H3. The van der Waals surface area contributed by atoms with Crippen LogP contribution in [0.4, 0.5) is 18.9 Å². The van der Waals surface area contributed by atoms with Crippen LogP contribution >= 0.6 is 11.3 Å². The lowest BCUT2D eigenvalue weighted by Crippen LogP contribution is -2.18. The van der Waals surface area contributed by atoms with Crippen LogP contribution in [0.15, 0.2) is 23.6 Å². The third-order valence-electron chi connectivity index (χ3n) is 2.92. The van der Waals surface area contributed by atoms with Gasteiger partial charge in [0.2, 0.25) is 0 Å². The van der Waals surface area contributed by atoms with E-state index >= 15 is 0 Å². The van der Waals surface area contributed by atoms with Crippen molar-refractivity contribution in [2.45, 2.75) is 19.6 Å². The van der Waals surface area contributed by atoms with E-state index in [1.165, 1.54) is 17.4 Å². The monoisotopic (exact) mass is 311 g/mol. The van der Waals surface area contributed by atoms with Crippen LogP contribution in [0.2, 0.25) is 0 Å². The average Bonchev–Trinajstić information content (AvgIpc) is 2.82. The van der Waals surface area contributed by atoms with Crippen molar-refractivity contribution >= 4 is 17.0 Å². The molecule has 0 spiro atoms. The summed E-state index contributed by atoms with van der Waals surface area (Å²) < 4.78 is 38.0. The Hall–Kier alpha value is -2.07. The number of aryl methyl sites for hydroxylation is 1. The smallest absolute Gasteiger partial charge is 0.368 e. The molecule has 0 unspecified atom stereocenters. The fourth-order valence-corrected chi connectivity index (χ4v) is 2.55. The Balaban J connectivity index is 2.29. The van der Waals surface area contributed by atoms with Crippen molar-refractivity contribution < 1.29 is 13.2 Å². The van der Waals surface area contributed by atoms with Crippen molar-refractivity contribution in [3.8, 4) is 6.07 Å². The van der Waals surface area contributed by atoms with E-state index in [9.17, 15) is 13.2 Å². The van der Waals surface area contributed by atoms with Crippen LogP contribution in [-0.4, -0.2) is 12.0 Å². The normalized spacial score (nSPS) is 11.2. The lowest BCUT2D eigenvalue weighted by Gasteiger charge is -2.20. The van der Waals surface area contributed by atoms with E-state index in [1.807, 2.05) is 18.4 Å². The van der Waals surface area contributed by atoms with Crippen molar-refractivity contribution in [3.05, 3.63) is 45.4 Å². The van der Waals surface area contributed by atoms with Gasteiger partial charge in [-0.25, -0.2) is 4.98 Å². The molecule has 7 heteroatoms. The van der Waals surface area contributed by atoms with Gasteiger partial charge < -0.3 is 4.90 Å². The number of nitrogens with zero attached hydrogens (tertiary/aromatic N) is 3. The zero-order valence-corrected chi connectivity index (χ0v) is 12.2. The molecule has 0 aliphatic rings. The molecule has 1 heterocycles. The predicted octanol–water partition coefficient (Wildman–Crippen LogP) is 3.98. The van der Waals surface area contributed by atoms with Gasteiger partial charge in [0.25, 0.3) is 0 Å². The molecule has 3 nitrogen and oxygen atoms in total. The summed E-state index contributed by atoms with van der Waals surface area (Å²) in [6.45, 7) is 2.32. The number of thiazole rings is 1. The molecule has 1 aromatic heterocycles. The molecule has 0 atom stereocenters. The van der Waals surface area contributed by atoms with Crippen LogP contribution in [0.3, 0.4) is 0 Å². The molecular formula is C14H12F3N3S. The molecule has 0 aliphatic carbocycles. The van der Waals surface area contributed by atoms with Gasteiger partial charge in [0.05, 0.1) is 34.1 Å². The zero-order valence-electron chi connectivity index (χ0n) is 11.4. The number of anilines is 1. The summed E-state index contributed by atoms with van der Waals surface area (Å²) in [7, 11) is 1.72. The first-order valence-corrected chi connectivity index (χ1v) is 6.92. The topological polar surface area (TPSA) is 39.9 Å².